The molecule has 0 rings (SSSR count). The molecule has 0 heterocycles. The van der Waals surface area contributed by atoms with Crippen molar-refractivity contribution in [2.75, 3.05) is 0 Å². The van der Waals surface area contributed by atoms with Crippen molar-refractivity contribution in [3.05, 3.63) is 24.3 Å². The van der Waals surface area contributed by atoms with Gasteiger partial charge >= 0.3 is 0 Å². The van der Waals surface area contributed by atoms with Crippen LogP contribution in [0.5, 0.6) is 0 Å². The third-order valence-corrected chi connectivity index (χ3v) is 1.15. The van der Waals surface area contributed by atoms with Crippen molar-refractivity contribution in [1.29, 1.82) is 0 Å². The largest absolute Gasteiger partial charge is 0.295 e. The molecule has 0 saturated carbocycles. The highest BCUT2D eigenvalue weighted by molar-refractivity contribution is 5.89. The van der Waals surface area contributed by atoms with Crippen molar-refractivity contribution in [2.24, 2.45) is 0 Å². The molecule has 0 bridgehead atoms. The van der Waals surface area contributed by atoms with E-state index in [2.05, 4.69) is 0 Å². The molecule has 0 spiro atoms. The first kappa shape index (κ1) is 9.15. The number of carbonyl (C=O) groups excluding carboxylic acids is 1. The van der Waals surface area contributed by atoms with Gasteiger partial charge in [-0.25, -0.2) is 0 Å². The summed E-state index contributed by atoms with van der Waals surface area (Å²) in [7, 11) is 0. The van der Waals surface area contributed by atoms with E-state index in [0.29, 0.717) is 6.42 Å². The van der Waals surface area contributed by atoms with Crippen LogP contribution in [-0.2, 0) is 4.79 Å². The minimum Gasteiger partial charge on any atom is -0.295 e. The topological polar surface area (TPSA) is 17.1 Å². The molecule has 0 N–H and O–H groups in total. The van der Waals surface area contributed by atoms with E-state index in [1.54, 1.807) is 12.2 Å². The first-order valence-electron chi connectivity index (χ1n) is 3.58. The van der Waals surface area contributed by atoms with Crippen molar-refractivity contribution in [2.45, 2.75) is 26.7 Å². The molecular weight excluding hydrogens is 124 g/mol. The van der Waals surface area contributed by atoms with Crippen LogP contribution in [0.4, 0.5) is 0 Å². The molecule has 0 aliphatic heterocycles. The smallest absolute Gasteiger partial charge is 0.155 e. The van der Waals surface area contributed by atoms with Gasteiger partial charge in [-0.15, -0.1) is 0 Å². The number of carbonyl (C=O) groups is 1. The zero-order valence-electron chi connectivity index (χ0n) is 6.63. The Bertz CT molecular complexity index is 143. The first-order valence-corrected chi connectivity index (χ1v) is 3.58. The second-order valence-electron chi connectivity index (χ2n) is 2.07. The Morgan fingerprint density at radius 2 is 2.00 bits per heavy atom. The van der Waals surface area contributed by atoms with Gasteiger partial charge in [-0.3, -0.25) is 4.79 Å². The maximum atomic E-state index is 10.8. The fourth-order valence-electron chi connectivity index (χ4n) is 0.661. The van der Waals surface area contributed by atoms with Gasteiger partial charge in [0.25, 0.3) is 0 Å². The van der Waals surface area contributed by atoms with E-state index in [-0.39, 0.29) is 5.78 Å². The van der Waals surface area contributed by atoms with E-state index in [1.165, 1.54) is 0 Å². The van der Waals surface area contributed by atoms with Gasteiger partial charge in [-0.05, 0) is 26.3 Å². The van der Waals surface area contributed by atoms with Gasteiger partial charge in [0.15, 0.2) is 5.78 Å². The number of hydrogen-bond acceptors (Lipinski definition) is 1. The lowest BCUT2D eigenvalue weighted by Gasteiger charge is -1.87. The molecule has 0 aliphatic rings. The quantitative estimate of drug-likeness (QED) is 0.431. The lowest BCUT2D eigenvalue weighted by molar-refractivity contribution is -0.114. The third-order valence-electron chi connectivity index (χ3n) is 1.15. The van der Waals surface area contributed by atoms with Gasteiger partial charge in [0.2, 0.25) is 0 Å². The Morgan fingerprint density at radius 3 is 2.50 bits per heavy atom. The van der Waals surface area contributed by atoms with Gasteiger partial charge in [-0.1, -0.05) is 18.2 Å². The second kappa shape index (κ2) is 6.27. The molecule has 0 unspecified atom stereocenters. The van der Waals surface area contributed by atoms with Crippen LogP contribution in [-0.4, -0.2) is 5.78 Å². The molecule has 0 aromatic rings. The van der Waals surface area contributed by atoms with Gasteiger partial charge in [0, 0.05) is 6.42 Å². The SMILES string of the molecule is C/C=C/CCC(=O)/C=C/C. The van der Waals surface area contributed by atoms with Crippen molar-refractivity contribution >= 4 is 5.78 Å². The lowest BCUT2D eigenvalue weighted by Crippen LogP contribution is -1.89. The summed E-state index contributed by atoms with van der Waals surface area (Å²) in [6.07, 6.45) is 8.85. The lowest BCUT2D eigenvalue weighted by atomic mass is 10.2. The van der Waals surface area contributed by atoms with Crippen molar-refractivity contribution < 1.29 is 4.79 Å². The normalized spacial score (nSPS) is 11.4. The summed E-state index contributed by atoms with van der Waals surface area (Å²) in [5.74, 6) is 0.209. The molecule has 1 heteroatoms. The average molecular weight is 138 g/mol. The first-order chi connectivity index (χ1) is 4.81. The van der Waals surface area contributed by atoms with E-state index in [4.69, 9.17) is 0 Å². The van der Waals surface area contributed by atoms with E-state index < -0.39 is 0 Å². The fourth-order valence-corrected chi connectivity index (χ4v) is 0.661. The number of ketones is 1. The highest BCUT2D eigenvalue weighted by Crippen LogP contribution is 1.93. The van der Waals surface area contributed by atoms with Gasteiger partial charge in [0.05, 0.1) is 0 Å². The summed E-state index contributed by atoms with van der Waals surface area (Å²) < 4.78 is 0. The Kier molecular flexibility index (Phi) is 5.74. The second-order valence-corrected chi connectivity index (χ2v) is 2.07. The monoisotopic (exact) mass is 138 g/mol. The molecule has 0 aliphatic carbocycles. The van der Waals surface area contributed by atoms with E-state index >= 15 is 0 Å². The van der Waals surface area contributed by atoms with Gasteiger partial charge in [-0.2, -0.15) is 0 Å². The summed E-state index contributed by atoms with van der Waals surface area (Å²) in [5, 5.41) is 0. The van der Waals surface area contributed by atoms with Crippen LogP contribution >= 0.6 is 0 Å². The van der Waals surface area contributed by atoms with E-state index in [9.17, 15) is 4.79 Å². The fraction of sp³-hybridized carbons (Fsp3) is 0.444. The molecule has 0 fully saturated rings. The zero-order valence-corrected chi connectivity index (χ0v) is 6.63. The molecule has 0 aromatic heterocycles. The Hall–Kier alpha value is -0.850. The summed E-state index contributed by atoms with van der Waals surface area (Å²) in [4.78, 5) is 10.8. The molecule has 10 heavy (non-hydrogen) atoms. The van der Waals surface area contributed by atoms with Crippen LogP contribution in [0.1, 0.15) is 26.7 Å². The maximum Gasteiger partial charge on any atom is 0.155 e. The molecule has 56 valence electrons. The molecule has 0 amide bonds. The van der Waals surface area contributed by atoms with Crippen molar-refractivity contribution in [3.8, 4) is 0 Å². The van der Waals surface area contributed by atoms with Crippen LogP contribution < -0.4 is 0 Å². The third kappa shape index (κ3) is 5.29. The molecule has 0 atom stereocenters. The number of hydrogen-bond donors (Lipinski definition) is 0. The van der Waals surface area contributed by atoms with Crippen LogP contribution in [0.2, 0.25) is 0 Å². The molecule has 0 aromatic carbocycles. The Balaban J connectivity index is 3.40. The summed E-state index contributed by atoms with van der Waals surface area (Å²) in [5.41, 5.74) is 0. The summed E-state index contributed by atoms with van der Waals surface area (Å²) in [6, 6.07) is 0. The molecule has 1 nitrogen and oxygen atoms in total. The van der Waals surface area contributed by atoms with Crippen molar-refractivity contribution in [1.82, 2.24) is 0 Å². The average Bonchev–Trinajstić information content (AvgIpc) is 1.89. The highest BCUT2D eigenvalue weighted by atomic mass is 16.1. The highest BCUT2D eigenvalue weighted by Gasteiger charge is 1.90. The minimum atomic E-state index is 0.209. The van der Waals surface area contributed by atoms with Crippen LogP contribution in [0, 0.1) is 0 Å². The zero-order chi connectivity index (χ0) is 7.82. The molecule has 0 radical (unpaired) electrons. The number of allylic oxidation sites excluding steroid dienone is 4. The van der Waals surface area contributed by atoms with Gasteiger partial charge in [0.1, 0.15) is 0 Å². The Labute approximate surface area is 62.4 Å². The standard InChI is InChI=1S/C9H14O/c1-3-5-6-8-9(10)7-4-2/h3-5,7H,6,8H2,1-2H3/b5-3+,7-4+. The van der Waals surface area contributed by atoms with Crippen molar-refractivity contribution in [3.63, 3.8) is 0 Å². The molecule has 0 saturated heterocycles. The molecular formula is C9H14O. The predicted octanol–water partition coefficient (Wildman–Crippen LogP) is 2.49. The van der Waals surface area contributed by atoms with Crippen LogP contribution in [0.15, 0.2) is 24.3 Å². The maximum absolute atomic E-state index is 10.8. The summed E-state index contributed by atoms with van der Waals surface area (Å²) >= 11 is 0. The van der Waals surface area contributed by atoms with E-state index in [0.717, 1.165) is 6.42 Å². The van der Waals surface area contributed by atoms with Gasteiger partial charge < -0.3 is 0 Å². The van der Waals surface area contributed by atoms with Crippen LogP contribution in [0.25, 0.3) is 0 Å². The minimum absolute atomic E-state index is 0.209. The summed E-state index contributed by atoms with van der Waals surface area (Å²) in [6.45, 7) is 3.81. The van der Waals surface area contributed by atoms with Crippen LogP contribution in [0.3, 0.4) is 0 Å². The van der Waals surface area contributed by atoms with E-state index in [1.807, 2.05) is 26.0 Å². The Morgan fingerprint density at radius 1 is 1.30 bits per heavy atom. The number of rotatable bonds is 4. The predicted molar refractivity (Wildman–Crippen MR) is 43.9 cm³/mol.